The number of anilines is 6. The van der Waals surface area contributed by atoms with Crippen molar-refractivity contribution in [2.24, 2.45) is 0 Å². The van der Waals surface area contributed by atoms with Gasteiger partial charge in [-0.3, -0.25) is 4.79 Å². The lowest BCUT2D eigenvalue weighted by atomic mass is 10.1. The summed E-state index contributed by atoms with van der Waals surface area (Å²) in [4.78, 5) is 25.1. The van der Waals surface area contributed by atoms with Crippen LogP contribution >= 0.6 is 12.4 Å². The third-order valence-corrected chi connectivity index (χ3v) is 4.80. The van der Waals surface area contributed by atoms with Crippen LogP contribution in [-0.2, 0) is 0 Å². The molecule has 3 N–H and O–H groups in total. The van der Waals surface area contributed by atoms with Crippen molar-refractivity contribution < 1.29 is 4.79 Å². The van der Waals surface area contributed by atoms with Crippen LogP contribution in [0.1, 0.15) is 28.4 Å². The molecule has 3 aromatic carbocycles. The molecule has 0 amide bonds. The van der Waals surface area contributed by atoms with Gasteiger partial charge in [-0.25, -0.2) is 0 Å². The van der Waals surface area contributed by atoms with Gasteiger partial charge < -0.3 is 16.0 Å². The number of aryl methyl sites for hydroxylation is 2. The second-order valence-corrected chi connectivity index (χ2v) is 7.55. The molecule has 7 nitrogen and oxygen atoms in total. The van der Waals surface area contributed by atoms with E-state index in [0.29, 0.717) is 23.4 Å². The van der Waals surface area contributed by atoms with Gasteiger partial charge in [0.1, 0.15) is 0 Å². The van der Waals surface area contributed by atoms with Crippen molar-refractivity contribution in [3.8, 4) is 0 Å². The molecule has 4 aromatic rings. The maximum absolute atomic E-state index is 11.5. The van der Waals surface area contributed by atoms with Gasteiger partial charge >= 0.3 is 0 Å². The molecule has 0 spiro atoms. The smallest absolute Gasteiger partial charge is 0.233 e. The Morgan fingerprint density at radius 2 is 0.879 bits per heavy atom. The van der Waals surface area contributed by atoms with Crippen molar-refractivity contribution in [3.05, 3.63) is 89.5 Å². The number of nitrogens with one attached hydrogen (secondary N) is 3. The van der Waals surface area contributed by atoms with Crippen molar-refractivity contribution in [2.45, 2.75) is 20.8 Å². The first-order valence-corrected chi connectivity index (χ1v) is 10.3. The third-order valence-electron chi connectivity index (χ3n) is 4.80. The quantitative estimate of drug-likeness (QED) is 0.277. The van der Waals surface area contributed by atoms with E-state index in [1.54, 1.807) is 19.1 Å². The third kappa shape index (κ3) is 6.51. The Morgan fingerprint density at radius 1 is 0.576 bits per heavy atom. The number of ketones is 1. The number of nitrogens with zero attached hydrogens (tertiary/aromatic N) is 3. The molecule has 0 atom stereocenters. The van der Waals surface area contributed by atoms with E-state index in [2.05, 4.69) is 30.9 Å². The van der Waals surface area contributed by atoms with Crippen LogP contribution in [-0.4, -0.2) is 20.7 Å². The van der Waals surface area contributed by atoms with Crippen molar-refractivity contribution in [1.82, 2.24) is 15.0 Å². The minimum absolute atomic E-state index is 0. The Hall–Kier alpha value is -3.97. The summed E-state index contributed by atoms with van der Waals surface area (Å²) < 4.78 is 0. The van der Waals surface area contributed by atoms with Crippen LogP contribution < -0.4 is 16.0 Å². The molecule has 1 aromatic heterocycles. The molecule has 4 rings (SSSR count). The summed E-state index contributed by atoms with van der Waals surface area (Å²) in [5.74, 6) is 1.20. The maximum Gasteiger partial charge on any atom is 0.233 e. The topological polar surface area (TPSA) is 91.8 Å². The molecular weight excluding hydrogens is 436 g/mol. The summed E-state index contributed by atoms with van der Waals surface area (Å²) in [5, 5.41) is 9.65. The Kier molecular flexibility index (Phi) is 7.58. The van der Waals surface area contributed by atoms with Crippen LogP contribution in [0.3, 0.4) is 0 Å². The predicted molar refractivity (Wildman–Crippen MR) is 136 cm³/mol. The van der Waals surface area contributed by atoms with Gasteiger partial charge in [-0.1, -0.05) is 35.4 Å². The van der Waals surface area contributed by atoms with Gasteiger partial charge in [-0.2, -0.15) is 15.0 Å². The summed E-state index contributed by atoms with van der Waals surface area (Å²) in [5.41, 5.74) is 5.51. The zero-order valence-corrected chi connectivity index (χ0v) is 19.4. The normalized spacial score (nSPS) is 10.2. The van der Waals surface area contributed by atoms with Gasteiger partial charge in [0, 0.05) is 22.6 Å². The van der Waals surface area contributed by atoms with Gasteiger partial charge in [-0.05, 0) is 69.3 Å². The number of Topliss-reactive ketones (excluding diaryl/α,β-unsaturated/α-hetero) is 1. The number of hydrogen-bond donors (Lipinski definition) is 3. The van der Waals surface area contributed by atoms with Crippen LogP contribution in [0.15, 0.2) is 72.8 Å². The number of hydrogen-bond acceptors (Lipinski definition) is 7. The Balaban J connectivity index is 0.00000306. The molecule has 1 heterocycles. The molecule has 0 fully saturated rings. The highest BCUT2D eigenvalue weighted by molar-refractivity contribution is 5.94. The van der Waals surface area contributed by atoms with E-state index in [1.165, 1.54) is 11.1 Å². The number of halogens is 1. The molecule has 0 aliphatic heterocycles. The van der Waals surface area contributed by atoms with Crippen molar-refractivity contribution in [1.29, 1.82) is 0 Å². The lowest BCUT2D eigenvalue weighted by molar-refractivity contribution is 0.101. The number of rotatable bonds is 7. The number of aromatic nitrogens is 3. The zero-order chi connectivity index (χ0) is 22.5. The van der Waals surface area contributed by atoms with Crippen LogP contribution in [0.5, 0.6) is 0 Å². The largest absolute Gasteiger partial charge is 0.324 e. The number of carbonyl (C=O) groups is 1. The molecule has 0 aliphatic carbocycles. The fourth-order valence-electron chi connectivity index (χ4n) is 2.99. The Labute approximate surface area is 199 Å². The fourth-order valence-corrected chi connectivity index (χ4v) is 2.99. The minimum atomic E-state index is 0. The average molecular weight is 461 g/mol. The molecular formula is C25H25ClN6O. The lowest BCUT2D eigenvalue weighted by Gasteiger charge is -2.12. The first kappa shape index (κ1) is 23.7. The van der Waals surface area contributed by atoms with Crippen molar-refractivity contribution in [2.75, 3.05) is 16.0 Å². The first-order valence-electron chi connectivity index (χ1n) is 10.3. The molecule has 33 heavy (non-hydrogen) atoms. The summed E-state index contributed by atoms with van der Waals surface area (Å²) in [6, 6.07) is 23.1. The highest BCUT2D eigenvalue weighted by Crippen LogP contribution is 2.21. The molecule has 0 radical (unpaired) electrons. The molecule has 8 heteroatoms. The van der Waals surface area contributed by atoms with E-state index >= 15 is 0 Å². The van der Waals surface area contributed by atoms with E-state index in [9.17, 15) is 4.79 Å². The second-order valence-electron chi connectivity index (χ2n) is 7.55. The molecule has 0 saturated heterocycles. The van der Waals surface area contributed by atoms with Gasteiger partial charge in [0.15, 0.2) is 5.78 Å². The summed E-state index contributed by atoms with van der Waals surface area (Å²) in [6.45, 7) is 5.62. The number of carbonyl (C=O) groups excluding carboxylic acids is 1. The SMILES string of the molecule is CC(=O)c1ccc(Nc2nc(Nc3ccc(C)cc3)nc(Nc3ccc(C)cc3)n2)cc1.Cl. The van der Waals surface area contributed by atoms with Crippen LogP contribution in [0.25, 0.3) is 0 Å². The van der Waals surface area contributed by atoms with E-state index in [0.717, 1.165) is 17.1 Å². The summed E-state index contributed by atoms with van der Waals surface area (Å²) in [7, 11) is 0. The predicted octanol–water partition coefficient (Wildman–Crippen LogP) is 6.34. The van der Waals surface area contributed by atoms with Crippen LogP contribution in [0, 0.1) is 13.8 Å². The van der Waals surface area contributed by atoms with Gasteiger partial charge in [0.25, 0.3) is 0 Å². The highest BCUT2D eigenvalue weighted by atomic mass is 35.5. The lowest BCUT2D eigenvalue weighted by Crippen LogP contribution is -2.07. The van der Waals surface area contributed by atoms with Crippen molar-refractivity contribution in [3.63, 3.8) is 0 Å². The van der Waals surface area contributed by atoms with Crippen LogP contribution in [0.4, 0.5) is 34.9 Å². The van der Waals surface area contributed by atoms with Gasteiger partial charge in [-0.15, -0.1) is 12.4 Å². The molecule has 0 aliphatic rings. The minimum Gasteiger partial charge on any atom is -0.324 e. The molecule has 0 bridgehead atoms. The van der Waals surface area contributed by atoms with Crippen LogP contribution in [0.2, 0.25) is 0 Å². The van der Waals surface area contributed by atoms with Crippen molar-refractivity contribution >= 4 is 53.1 Å². The summed E-state index contributed by atoms with van der Waals surface area (Å²) in [6.07, 6.45) is 0. The maximum atomic E-state index is 11.5. The number of benzene rings is 3. The van der Waals surface area contributed by atoms with E-state index in [1.807, 2.05) is 74.5 Å². The second kappa shape index (κ2) is 10.6. The zero-order valence-electron chi connectivity index (χ0n) is 18.6. The van der Waals surface area contributed by atoms with E-state index in [-0.39, 0.29) is 18.2 Å². The van der Waals surface area contributed by atoms with E-state index in [4.69, 9.17) is 0 Å². The standard InChI is InChI=1S/C25H24N6O.ClH/c1-16-4-10-20(11-5-16)26-23-29-24(27-21-12-6-17(2)7-13-21)31-25(30-23)28-22-14-8-19(9-15-22)18(3)32;/h4-15H,1-3H3,(H3,26,27,28,29,30,31);1H. The molecule has 0 saturated carbocycles. The summed E-state index contributed by atoms with van der Waals surface area (Å²) >= 11 is 0. The van der Waals surface area contributed by atoms with Gasteiger partial charge in [0.05, 0.1) is 0 Å². The average Bonchev–Trinajstić information content (AvgIpc) is 2.77. The van der Waals surface area contributed by atoms with Gasteiger partial charge in [0.2, 0.25) is 17.8 Å². The Bertz CT molecular complexity index is 1160. The Morgan fingerprint density at radius 3 is 1.18 bits per heavy atom. The fraction of sp³-hybridized carbons (Fsp3) is 0.120. The molecule has 0 unspecified atom stereocenters. The first-order chi connectivity index (χ1) is 15.4. The monoisotopic (exact) mass is 460 g/mol. The van der Waals surface area contributed by atoms with E-state index < -0.39 is 0 Å². The molecule has 168 valence electrons. The highest BCUT2D eigenvalue weighted by Gasteiger charge is 2.09.